The van der Waals surface area contributed by atoms with Crippen LogP contribution in [0.1, 0.15) is 11.1 Å². The molecular weight excluding hydrogens is 616 g/mol. The molecule has 0 spiro atoms. The summed E-state index contributed by atoms with van der Waals surface area (Å²) >= 11 is 16.7. The molecule has 0 bridgehead atoms. The number of aromatic nitrogens is 1. The number of amides is 3. The SMILES string of the molecule is O=C(CN1C(=O)S/C(=C\c2cn(Cc3ccc(Cl)cc3Cl)c3ccc(Br)cc23)C1=O)Nc1ccc(F)cc1. The monoisotopic (exact) mass is 631 g/mol. The van der Waals surface area contributed by atoms with Crippen LogP contribution in [0.15, 0.2) is 76.2 Å². The molecule has 1 saturated heterocycles. The van der Waals surface area contributed by atoms with Crippen LogP contribution in [0.2, 0.25) is 10.0 Å². The molecule has 1 aliphatic rings. The van der Waals surface area contributed by atoms with E-state index in [4.69, 9.17) is 23.2 Å². The molecule has 1 N–H and O–H groups in total. The van der Waals surface area contributed by atoms with Gasteiger partial charge in [-0.2, -0.15) is 0 Å². The van der Waals surface area contributed by atoms with Crippen molar-refractivity contribution in [2.45, 2.75) is 6.54 Å². The minimum absolute atomic E-state index is 0.202. The zero-order valence-electron chi connectivity index (χ0n) is 19.4. The highest BCUT2D eigenvalue weighted by Gasteiger charge is 2.36. The number of hydrogen-bond donors (Lipinski definition) is 1. The molecule has 1 aromatic heterocycles. The molecule has 0 radical (unpaired) electrons. The molecule has 0 unspecified atom stereocenters. The summed E-state index contributed by atoms with van der Waals surface area (Å²) in [4.78, 5) is 39.2. The van der Waals surface area contributed by atoms with Crippen LogP contribution in [-0.2, 0) is 16.1 Å². The number of anilines is 1. The van der Waals surface area contributed by atoms with Crippen molar-refractivity contribution in [3.8, 4) is 0 Å². The van der Waals surface area contributed by atoms with Gasteiger partial charge in [-0.05, 0) is 78.0 Å². The summed E-state index contributed by atoms with van der Waals surface area (Å²) in [6.45, 7) is 0.00870. The van der Waals surface area contributed by atoms with Crippen LogP contribution in [0.4, 0.5) is 14.9 Å². The fraction of sp³-hybridized carbons (Fsp3) is 0.0741. The summed E-state index contributed by atoms with van der Waals surface area (Å²) in [7, 11) is 0. The second-order valence-corrected chi connectivity index (χ2v) is 11.2. The largest absolute Gasteiger partial charge is 0.342 e. The number of nitrogens with one attached hydrogen (secondary N) is 1. The van der Waals surface area contributed by atoms with Crippen molar-refractivity contribution < 1.29 is 18.8 Å². The quantitative estimate of drug-likeness (QED) is 0.223. The van der Waals surface area contributed by atoms with Gasteiger partial charge in [0.25, 0.3) is 11.1 Å². The Hall–Kier alpha value is -3.11. The molecule has 3 amide bonds. The van der Waals surface area contributed by atoms with E-state index >= 15 is 0 Å². The third kappa shape index (κ3) is 5.66. The second kappa shape index (κ2) is 10.9. The van der Waals surface area contributed by atoms with Crippen LogP contribution >= 0.6 is 50.9 Å². The molecule has 1 aliphatic heterocycles. The van der Waals surface area contributed by atoms with Gasteiger partial charge in [0.2, 0.25) is 5.91 Å². The minimum Gasteiger partial charge on any atom is -0.342 e. The van der Waals surface area contributed by atoms with Gasteiger partial charge in [-0.1, -0.05) is 45.2 Å². The number of hydrogen-bond acceptors (Lipinski definition) is 4. The van der Waals surface area contributed by atoms with Gasteiger partial charge in [-0.15, -0.1) is 0 Å². The molecule has 0 aliphatic carbocycles. The van der Waals surface area contributed by atoms with E-state index in [1.54, 1.807) is 18.2 Å². The molecular formula is C27H17BrCl2FN3O3S. The Bertz CT molecular complexity index is 1640. The summed E-state index contributed by atoms with van der Waals surface area (Å²) in [6, 6.07) is 16.3. The van der Waals surface area contributed by atoms with Gasteiger partial charge in [0, 0.05) is 49.4 Å². The van der Waals surface area contributed by atoms with Crippen LogP contribution in [0.5, 0.6) is 0 Å². The fourth-order valence-electron chi connectivity index (χ4n) is 4.03. The van der Waals surface area contributed by atoms with Gasteiger partial charge < -0.3 is 9.88 Å². The summed E-state index contributed by atoms with van der Waals surface area (Å²) in [6.07, 6.45) is 3.54. The maximum Gasteiger partial charge on any atom is 0.294 e. The summed E-state index contributed by atoms with van der Waals surface area (Å²) < 4.78 is 16.0. The molecule has 11 heteroatoms. The van der Waals surface area contributed by atoms with Crippen LogP contribution < -0.4 is 5.32 Å². The Balaban J connectivity index is 1.40. The first-order valence-corrected chi connectivity index (χ1v) is 13.6. The number of rotatable bonds is 6. The molecule has 4 aromatic rings. The minimum atomic E-state index is -0.569. The Morgan fingerprint density at radius 1 is 1.05 bits per heavy atom. The van der Waals surface area contributed by atoms with Crippen molar-refractivity contribution in [3.63, 3.8) is 0 Å². The molecule has 5 rings (SSSR count). The third-order valence-corrected chi connectivity index (χ3v) is 7.81. The maximum atomic E-state index is 13.1. The first-order chi connectivity index (χ1) is 18.2. The van der Waals surface area contributed by atoms with Crippen molar-refractivity contribution >= 4 is 90.6 Å². The predicted molar refractivity (Wildman–Crippen MR) is 153 cm³/mol. The van der Waals surface area contributed by atoms with Gasteiger partial charge in [0.05, 0.1) is 4.91 Å². The van der Waals surface area contributed by atoms with Crippen molar-refractivity contribution in [2.75, 3.05) is 11.9 Å². The first kappa shape index (κ1) is 26.5. The lowest BCUT2D eigenvalue weighted by molar-refractivity contribution is -0.127. The smallest absolute Gasteiger partial charge is 0.294 e. The van der Waals surface area contributed by atoms with Gasteiger partial charge in [-0.25, -0.2) is 4.39 Å². The Labute approximate surface area is 239 Å². The van der Waals surface area contributed by atoms with Crippen LogP contribution in [0, 0.1) is 5.82 Å². The van der Waals surface area contributed by atoms with E-state index in [1.165, 1.54) is 24.3 Å². The normalized spacial score (nSPS) is 14.6. The topological polar surface area (TPSA) is 71.4 Å². The van der Waals surface area contributed by atoms with E-state index in [9.17, 15) is 18.8 Å². The number of carbonyl (C=O) groups excluding carboxylic acids is 3. The number of imide groups is 1. The van der Waals surface area contributed by atoms with Gasteiger partial charge >= 0.3 is 0 Å². The number of benzene rings is 3. The van der Waals surface area contributed by atoms with Gasteiger partial charge in [-0.3, -0.25) is 19.3 Å². The van der Waals surface area contributed by atoms with Crippen LogP contribution in [0.3, 0.4) is 0 Å². The Morgan fingerprint density at radius 3 is 2.55 bits per heavy atom. The highest BCUT2D eigenvalue weighted by molar-refractivity contribution is 9.10. The summed E-state index contributed by atoms with van der Waals surface area (Å²) in [5, 5.41) is 3.96. The number of halogens is 4. The number of carbonyl (C=O) groups is 3. The average molecular weight is 633 g/mol. The molecule has 192 valence electrons. The number of fused-ring (bicyclic) bond motifs is 1. The number of nitrogens with zero attached hydrogens (tertiary/aromatic N) is 2. The molecule has 6 nitrogen and oxygen atoms in total. The Morgan fingerprint density at radius 2 is 1.82 bits per heavy atom. The van der Waals surface area contributed by atoms with Crippen molar-refractivity contribution in [2.24, 2.45) is 0 Å². The lowest BCUT2D eigenvalue weighted by Gasteiger charge is -2.12. The molecule has 0 atom stereocenters. The molecule has 3 aromatic carbocycles. The van der Waals surface area contributed by atoms with Gasteiger partial charge in [0.1, 0.15) is 12.4 Å². The molecule has 0 saturated carbocycles. The van der Waals surface area contributed by atoms with Crippen molar-refractivity contribution in [3.05, 3.63) is 103 Å². The van der Waals surface area contributed by atoms with Crippen molar-refractivity contribution in [1.82, 2.24) is 9.47 Å². The average Bonchev–Trinajstić information content (AvgIpc) is 3.33. The zero-order chi connectivity index (χ0) is 27.0. The van der Waals surface area contributed by atoms with Crippen LogP contribution in [-0.4, -0.2) is 33.1 Å². The lowest BCUT2D eigenvalue weighted by atomic mass is 10.1. The Kier molecular flexibility index (Phi) is 7.63. The predicted octanol–water partition coefficient (Wildman–Crippen LogP) is 7.57. The molecule has 1 fully saturated rings. The van der Waals surface area contributed by atoms with Crippen molar-refractivity contribution in [1.29, 1.82) is 0 Å². The third-order valence-electron chi connectivity index (χ3n) is 5.82. The van der Waals surface area contributed by atoms with Crippen LogP contribution in [0.25, 0.3) is 17.0 Å². The maximum absolute atomic E-state index is 13.1. The summed E-state index contributed by atoms with van der Waals surface area (Å²) in [5.74, 6) is -1.57. The zero-order valence-corrected chi connectivity index (χ0v) is 23.3. The molecule has 2 heterocycles. The van der Waals surface area contributed by atoms with Gasteiger partial charge in [0.15, 0.2) is 0 Å². The van der Waals surface area contributed by atoms with E-state index in [0.29, 0.717) is 22.3 Å². The molecule has 38 heavy (non-hydrogen) atoms. The lowest BCUT2D eigenvalue weighted by Crippen LogP contribution is -2.36. The van der Waals surface area contributed by atoms with E-state index < -0.39 is 29.4 Å². The standard InChI is InChI=1S/C27H17BrCl2FN3O3S/c28-17-2-8-23-21(10-17)16(13-33(23)12-15-1-3-18(29)11-22(15)30)9-24-26(36)34(27(37)38-24)14-25(35)32-20-6-4-19(31)5-7-20/h1-11,13H,12,14H2,(H,32,35)/b24-9-. The number of thioether (sulfide) groups is 1. The van der Waals surface area contributed by atoms with E-state index in [-0.39, 0.29) is 4.91 Å². The summed E-state index contributed by atoms with van der Waals surface area (Å²) in [5.41, 5.74) is 2.86. The van der Waals surface area contributed by atoms with E-state index in [2.05, 4.69) is 21.2 Å². The highest BCUT2D eigenvalue weighted by Crippen LogP contribution is 2.35. The fourth-order valence-corrected chi connectivity index (χ4v) is 5.69. The second-order valence-electron chi connectivity index (χ2n) is 8.43. The first-order valence-electron chi connectivity index (χ1n) is 11.2. The van der Waals surface area contributed by atoms with E-state index in [0.717, 1.165) is 43.2 Å². The van der Waals surface area contributed by atoms with E-state index in [1.807, 2.05) is 35.0 Å². The highest BCUT2D eigenvalue weighted by atomic mass is 79.9.